The number of carbonyl (C=O) groups is 1. The molecule has 3 aromatic rings. The van der Waals surface area contributed by atoms with Crippen LogP contribution in [0.2, 0.25) is 5.02 Å². The van der Waals surface area contributed by atoms with Crippen LogP contribution in [0.3, 0.4) is 0 Å². The predicted molar refractivity (Wildman–Crippen MR) is 92.8 cm³/mol. The van der Waals surface area contributed by atoms with Gasteiger partial charge in [0.05, 0.1) is 17.6 Å². The Kier molecular flexibility index (Phi) is 4.62. The maximum absolute atomic E-state index is 11.4. The summed E-state index contributed by atoms with van der Waals surface area (Å²) in [6, 6.07) is 13.0. The molecule has 0 unspecified atom stereocenters. The fraction of sp³-hybridized carbons (Fsp3) is 0.167. The molecule has 0 spiro atoms. The second-order valence-corrected chi connectivity index (χ2v) is 5.80. The Bertz CT molecular complexity index is 889. The lowest BCUT2D eigenvalue weighted by Crippen LogP contribution is -2.08. The first-order chi connectivity index (χ1) is 11.6. The van der Waals surface area contributed by atoms with Crippen LogP contribution in [0.15, 0.2) is 48.7 Å². The molecule has 2 aromatic heterocycles. The summed E-state index contributed by atoms with van der Waals surface area (Å²) in [5, 5.41) is 14.2. The zero-order valence-electron chi connectivity index (χ0n) is 13.1. The van der Waals surface area contributed by atoms with Gasteiger partial charge in [-0.15, -0.1) is 0 Å². The summed E-state index contributed by atoms with van der Waals surface area (Å²) in [6.45, 7) is 2.00. The van der Waals surface area contributed by atoms with Gasteiger partial charge in [0, 0.05) is 10.6 Å². The van der Waals surface area contributed by atoms with Crippen LogP contribution in [-0.4, -0.2) is 25.8 Å². The molecule has 0 saturated carbocycles. The Balaban J connectivity index is 2.08. The van der Waals surface area contributed by atoms with Crippen LogP contribution in [0.5, 0.6) is 0 Å². The predicted octanol–water partition coefficient (Wildman–Crippen LogP) is 4.24. The minimum absolute atomic E-state index is 0.215. The van der Waals surface area contributed by atoms with Crippen molar-refractivity contribution < 1.29 is 9.90 Å². The normalized spacial score (nSPS) is 10.8. The monoisotopic (exact) mass is 341 g/mol. The van der Waals surface area contributed by atoms with E-state index in [1.54, 1.807) is 10.7 Å². The van der Waals surface area contributed by atoms with E-state index in [0.717, 1.165) is 17.7 Å². The molecule has 0 bridgehead atoms. The average molecular weight is 342 g/mol. The Labute approximate surface area is 144 Å². The number of aromatic nitrogens is 3. The van der Waals surface area contributed by atoms with Crippen LogP contribution < -0.4 is 0 Å². The molecule has 0 saturated heterocycles. The van der Waals surface area contributed by atoms with Crippen molar-refractivity contribution in [3.8, 4) is 17.1 Å². The van der Waals surface area contributed by atoms with Gasteiger partial charge in [-0.05, 0) is 30.7 Å². The third kappa shape index (κ3) is 3.16. The number of nitrogens with zero attached hydrogens (tertiary/aromatic N) is 3. The molecule has 0 aliphatic rings. The Morgan fingerprint density at radius 2 is 2.04 bits per heavy atom. The van der Waals surface area contributed by atoms with Crippen LogP contribution in [0, 0.1) is 0 Å². The summed E-state index contributed by atoms with van der Waals surface area (Å²) >= 11 is 6.05. The minimum Gasteiger partial charge on any atom is -0.478 e. The molecule has 6 heteroatoms. The third-order valence-electron chi connectivity index (χ3n) is 3.66. The molecule has 0 aliphatic heterocycles. The quantitative estimate of drug-likeness (QED) is 0.753. The van der Waals surface area contributed by atoms with Crippen molar-refractivity contribution in [1.82, 2.24) is 14.8 Å². The zero-order valence-corrected chi connectivity index (χ0v) is 13.9. The topological polar surface area (TPSA) is 68.0 Å². The molecule has 5 nitrogen and oxygen atoms in total. The average Bonchev–Trinajstić information content (AvgIpc) is 2.99. The number of pyridine rings is 1. The van der Waals surface area contributed by atoms with E-state index in [4.69, 9.17) is 11.6 Å². The van der Waals surface area contributed by atoms with Gasteiger partial charge < -0.3 is 5.11 Å². The van der Waals surface area contributed by atoms with E-state index < -0.39 is 5.97 Å². The fourth-order valence-corrected chi connectivity index (χ4v) is 2.77. The van der Waals surface area contributed by atoms with Gasteiger partial charge in [-0.25, -0.2) is 14.5 Å². The zero-order chi connectivity index (χ0) is 17.1. The first-order valence-corrected chi connectivity index (χ1v) is 8.01. The van der Waals surface area contributed by atoms with Gasteiger partial charge in [-0.1, -0.05) is 43.1 Å². The van der Waals surface area contributed by atoms with E-state index in [1.165, 1.54) is 6.20 Å². The van der Waals surface area contributed by atoms with Gasteiger partial charge >= 0.3 is 5.97 Å². The lowest BCUT2D eigenvalue weighted by atomic mass is 10.1. The number of rotatable bonds is 5. The summed E-state index contributed by atoms with van der Waals surface area (Å²) in [7, 11) is 0. The molecule has 2 heterocycles. The maximum Gasteiger partial charge on any atom is 0.339 e. The number of carboxylic acid groups (broad SMARTS) is 1. The van der Waals surface area contributed by atoms with Crippen molar-refractivity contribution in [2.45, 2.75) is 19.8 Å². The van der Waals surface area contributed by atoms with Crippen molar-refractivity contribution in [2.75, 3.05) is 0 Å². The summed E-state index contributed by atoms with van der Waals surface area (Å²) in [6.07, 6.45) is 2.81. The number of hydrogen-bond acceptors (Lipinski definition) is 3. The summed E-state index contributed by atoms with van der Waals surface area (Å²) in [5.41, 5.74) is 2.52. The Hall–Kier alpha value is -2.66. The molecule has 3 rings (SSSR count). The van der Waals surface area contributed by atoms with Crippen LogP contribution in [0.1, 0.15) is 29.4 Å². The smallest absolute Gasteiger partial charge is 0.339 e. The third-order valence-corrected chi connectivity index (χ3v) is 3.89. The van der Waals surface area contributed by atoms with Crippen LogP contribution in [0.4, 0.5) is 0 Å². The van der Waals surface area contributed by atoms with Crippen molar-refractivity contribution in [1.29, 1.82) is 0 Å². The highest BCUT2D eigenvalue weighted by atomic mass is 35.5. The number of halogens is 1. The van der Waals surface area contributed by atoms with Gasteiger partial charge in [-0.3, -0.25) is 0 Å². The molecule has 0 fully saturated rings. The maximum atomic E-state index is 11.4. The van der Waals surface area contributed by atoms with E-state index in [-0.39, 0.29) is 5.56 Å². The Morgan fingerprint density at radius 1 is 1.25 bits per heavy atom. The second kappa shape index (κ2) is 6.84. The molecular weight excluding hydrogens is 326 g/mol. The van der Waals surface area contributed by atoms with E-state index in [0.29, 0.717) is 23.0 Å². The summed E-state index contributed by atoms with van der Waals surface area (Å²) in [5.74, 6) is -0.390. The van der Waals surface area contributed by atoms with Gasteiger partial charge in [-0.2, -0.15) is 5.10 Å². The van der Waals surface area contributed by atoms with Gasteiger partial charge in [0.15, 0.2) is 5.82 Å². The van der Waals surface area contributed by atoms with E-state index >= 15 is 0 Å². The van der Waals surface area contributed by atoms with Crippen LogP contribution in [0.25, 0.3) is 17.1 Å². The molecule has 1 N–H and O–H groups in total. The largest absolute Gasteiger partial charge is 0.478 e. The Morgan fingerprint density at radius 3 is 2.75 bits per heavy atom. The highest BCUT2D eigenvalue weighted by Crippen LogP contribution is 2.23. The molecule has 0 radical (unpaired) electrons. The van der Waals surface area contributed by atoms with Gasteiger partial charge in [0.2, 0.25) is 0 Å². The fourth-order valence-electron chi connectivity index (χ4n) is 2.58. The lowest BCUT2D eigenvalue weighted by Gasteiger charge is -2.09. The van der Waals surface area contributed by atoms with E-state index in [1.807, 2.05) is 43.3 Å². The molecule has 0 amide bonds. The first-order valence-electron chi connectivity index (χ1n) is 7.63. The van der Waals surface area contributed by atoms with Crippen LogP contribution in [-0.2, 0) is 6.42 Å². The summed E-state index contributed by atoms with van der Waals surface area (Å²) in [4.78, 5) is 16.0. The van der Waals surface area contributed by atoms with Crippen molar-refractivity contribution >= 4 is 17.6 Å². The number of benzene rings is 1. The second-order valence-electron chi connectivity index (χ2n) is 5.36. The van der Waals surface area contributed by atoms with E-state index in [9.17, 15) is 9.90 Å². The minimum atomic E-state index is -0.976. The van der Waals surface area contributed by atoms with Crippen molar-refractivity contribution in [3.63, 3.8) is 0 Å². The van der Waals surface area contributed by atoms with E-state index in [2.05, 4.69) is 10.1 Å². The molecular formula is C18H16ClN3O2. The standard InChI is InChI=1S/C18H16ClN3O2/c1-2-5-16-14(18(23)24)11-20-22(16)17-9-4-8-15(21-17)12-6-3-7-13(19)10-12/h3-4,6-11H,2,5H2,1H3,(H,23,24). The highest BCUT2D eigenvalue weighted by molar-refractivity contribution is 6.30. The SMILES string of the molecule is CCCc1c(C(=O)O)cnn1-c1cccc(-c2cccc(Cl)c2)n1. The van der Waals surface area contributed by atoms with Gasteiger partial charge in [0.25, 0.3) is 0 Å². The molecule has 24 heavy (non-hydrogen) atoms. The number of hydrogen-bond donors (Lipinski definition) is 1. The molecule has 0 atom stereocenters. The number of carboxylic acids is 1. The van der Waals surface area contributed by atoms with Crippen LogP contribution >= 0.6 is 11.6 Å². The summed E-state index contributed by atoms with van der Waals surface area (Å²) < 4.78 is 1.60. The lowest BCUT2D eigenvalue weighted by molar-refractivity contribution is 0.0695. The first kappa shape index (κ1) is 16.2. The highest BCUT2D eigenvalue weighted by Gasteiger charge is 2.17. The van der Waals surface area contributed by atoms with Crippen molar-refractivity contribution in [2.24, 2.45) is 0 Å². The van der Waals surface area contributed by atoms with Gasteiger partial charge in [0.1, 0.15) is 5.56 Å². The number of aromatic carboxylic acids is 1. The molecule has 0 aliphatic carbocycles. The molecule has 122 valence electrons. The molecule has 1 aromatic carbocycles. The van der Waals surface area contributed by atoms with Crippen molar-refractivity contribution in [3.05, 3.63) is 64.9 Å².